The zero-order chi connectivity index (χ0) is 14.1. The van der Waals surface area contributed by atoms with Crippen LogP contribution in [-0.4, -0.2) is 32.8 Å². The molecule has 0 spiro atoms. The normalized spacial score (nSPS) is 19.4. The molecule has 0 amide bonds. The van der Waals surface area contributed by atoms with Gasteiger partial charge in [0.15, 0.2) is 0 Å². The van der Waals surface area contributed by atoms with Gasteiger partial charge in [-0.15, -0.1) is 0 Å². The first-order valence-electron chi connectivity index (χ1n) is 7.25. The van der Waals surface area contributed by atoms with Gasteiger partial charge in [-0.3, -0.25) is 0 Å². The molecular weight excluding hydrogens is 272 g/mol. The van der Waals surface area contributed by atoms with Crippen LogP contribution in [0, 0.1) is 0 Å². The van der Waals surface area contributed by atoms with Gasteiger partial charge in [-0.05, 0) is 37.6 Å². The minimum Gasteiger partial charge on any atom is -0.493 e. The molecule has 20 heavy (non-hydrogen) atoms. The van der Waals surface area contributed by atoms with Gasteiger partial charge < -0.3 is 15.0 Å². The van der Waals surface area contributed by atoms with Crippen LogP contribution in [0.15, 0.2) is 18.7 Å². The second-order valence-electron chi connectivity index (χ2n) is 5.59. The molecule has 4 heteroatoms. The molecule has 1 aromatic rings. The lowest BCUT2D eigenvalue weighted by atomic mass is 9.99. The third kappa shape index (κ3) is 2.52. The highest BCUT2D eigenvalue weighted by Crippen LogP contribution is 2.40. The Kier molecular flexibility index (Phi) is 3.90. The average Bonchev–Trinajstić information content (AvgIpc) is 2.48. The van der Waals surface area contributed by atoms with E-state index in [1.807, 2.05) is 6.07 Å². The Balaban J connectivity index is 1.91. The predicted molar refractivity (Wildman–Crippen MR) is 84.9 cm³/mol. The number of benzene rings is 1. The van der Waals surface area contributed by atoms with Gasteiger partial charge in [-0.1, -0.05) is 18.2 Å². The minimum atomic E-state index is 0.540. The van der Waals surface area contributed by atoms with Gasteiger partial charge in [0.1, 0.15) is 5.75 Å². The number of fused-ring (bicyclic) bond motifs is 1. The number of rotatable bonds is 2. The zero-order valence-corrected chi connectivity index (χ0v) is 12.7. The van der Waals surface area contributed by atoms with E-state index >= 15 is 0 Å². The molecule has 3 rings (SSSR count). The molecule has 1 aromatic carbocycles. The van der Waals surface area contributed by atoms with Crippen molar-refractivity contribution in [1.29, 1.82) is 0 Å². The SMILES string of the molecule is C=C1CCOc2cc(N(C)C3CCNCC3)c(Cl)cc21. The van der Waals surface area contributed by atoms with Gasteiger partial charge in [0.25, 0.3) is 0 Å². The van der Waals surface area contributed by atoms with Crippen molar-refractivity contribution in [3.05, 3.63) is 29.3 Å². The molecule has 2 aliphatic heterocycles. The van der Waals surface area contributed by atoms with Crippen molar-refractivity contribution < 1.29 is 4.74 Å². The molecule has 108 valence electrons. The van der Waals surface area contributed by atoms with Crippen LogP contribution in [0.5, 0.6) is 5.75 Å². The summed E-state index contributed by atoms with van der Waals surface area (Å²) in [6, 6.07) is 4.62. The number of nitrogens with one attached hydrogen (secondary N) is 1. The van der Waals surface area contributed by atoms with E-state index in [1.165, 1.54) is 0 Å². The highest BCUT2D eigenvalue weighted by Gasteiger charge is 2.23. The smallest absolute Gasteiger partial charge is 0.128 e. The van der Waals surface area contributed by atoms with Crippen LogP contribution in [0.4, 0.5) is 5.69 Å². The number of piperidine rings is 1. The maximum atomic E-state index is 6.49. The van der Waals surface area contributed by atoms with Gasteiger partial charge in [0, 0.05) is 31.1 Å². The quantitative estimate of drug-likeness (QED) is 0.905. The van der Waals surface area contributed by atoms with Gasteiger partial charge in [0.2, 0.25) is 0 Å². The fourth-order valence-electron chi connectivity index (χ4n) is 3.02. The molecule has 0 unspecified atom stereocenters. The lowest BCUT2D eigenvalue weighted by Crippen LogP contribution is -2.41. The average molecular weight is 293 g/mol. The molecule has 0 saturated carbocycles. The maximum Gasteiger partial charge on any atom is 0.128 e. The fraction of sp³-hybridized carbons (Fsp3) is 0.500. The number of hydrogen-bond donors (Lipinski definition) is 1. The van der Waals surface area contributed by atoms with Crippen molar-refractivity contribution in [1.82, 2.24) is 5.32 Å². The van der Waals surface area contributed by atoms with Crippen molar-refractivity contribution in [3.63, 3.8) is 0 Å². The standard InChI is InChI=1S/C16H21ClN2O/c1-11-5-8-20-16-10-15(14(17)9-13(11)16)19(2)12-3-6-18-7-4-12/h9-10,12,18H,1,3-8H2,2H3. The summed E-state index contributed by atoms with van der Waals surface area (Å²) in [5, 5.41) is 4.18. The summed E-state index contributed by atoms with van der Waals surface area (Å²) in [6.07, 6.45) is 3.18. The van der Waals surface area contributed by atoms with Crippen LogP contribution in [0.2, 0.25) is 5.02 Å². The molecule has 2 heterocycles. The van der Waals surface area contributed by atoms with Crippen molar-refractivity contribution in [3.8, 4) is 5.75 Å². The van der Waals surface area contributed by atoms with E-state index in [2.05, 4.69) is 29.9 Å². The van der Waals surface area contributed by atoms with Gasteiger partial charge in [-0.2, -0.15) is 0 Å². The highest BCUT2D eigenvalue weighted by atomic mass is 35.5. The molecule has 1 fully saturated rings. The Morgan fingerprint density at radius 3 is 2.85 bits per heavy atom. The van der Waals surface area contributed by atoms with Crippen molar-refractivity contribution in [2.75, 3.05) is 31.6 Å². The Labute approximate surface area is 125 Å². The van der Waals surface area contributed by atoms with E-state index in [0.717, 1.165) is 59.9 Å². The molecule has 0 bridgehead atoms. The van der Waals surface area contributed by atoms with E-state index in [-0.39, 0.29) is 0 Å². The lowest BCUT2D eigenvalue weighted by Gasteiger charge is -2.34. The molecule has 0 aliphatic carbocycles. The third-order valence-electron chi connectivity index (χ3n) is 4.33. The zero-order valence-electron chi connectivity index (χ0n) is 11.9. The van der Waals surface area contributed by atoms with Crippen LogP contribution in [0.25, 0.3) is 5.57 Å². The highest BCUT2D eigenvalue weighted by molar-refractivity contribution is 6.33. The van der Waals surface area contributed by atoms with Crippen LogP contribution >= 0.6 is 11.6 Å². The first-order chi connectivity index (χ1) is 9.66. The number of halogens is 1. The van der Waals surface area contributed by atoms with E-state index in [4.69, 9.17) is 16.3 Å². The molecule has 0 aromatic heterocycles. The van der Waals surface area contributed by atoms with Crippen LogP contribution in [0.3, 0.4) is 0 Å². The van der Waals surface area contributed by atoms with Crippen molar-refractivity contribution in [2.24, 2.45) is 0 Å². The van der Waals surface area contributed by atoms with E-state index in [9.17, 15) is 0 Å². The summed E-state index contributed by atoms with van der Waals surface area (Å²) >= 11 is 6.49. The Morgan fingerprint density at radius 2 is 2.10 bits per heavy atom. The Bertz CT molecular complexity index is 523. The number of anilines is 1. The molecule has 0 atom stereocenters. The molecular formula is C16H21ClN2O. The Morgan fingerprint density at radius 1 is 1.35 bits per heavy atom. The second-order valence-corrected chi connectivity index (χ2v) is 6.00. The topological polar surface area (TPSA) is 24.5 Å². The van der Waals surface area contributed by atoms with Crippen molar-refractivity contribution >= 4 is 22.9 Å². The molecule has 3 nitrogen and oxygen atoms in total. The van der Waals surface area contributed by atoms with E-state index in [0.29, 0.717) is 12.6 Å². The summed E-state index contributed by atoms with van der Waals surface area (Å²) in [5.74, 6) is 0.918. The molecule has 0 radical (unpaired) electrons. The van der Waals surface area contributed by atoms with E-state index < -0.39 is 0 Å². The predicted octanol–water partition coefficient (Wildman–Crippen LogP) is 3.32. The first-order valence-corrected chi connectivity index (χ1v) is 7.62. The van der Waals surface area contributed by atoms with Crippen LogP contribution in [0.1, 0.15) is 24.8 Å². The summed E-state index contributed by atoms with van der Waals surface area (Å²) in [5.41, 5.74) is 3.24. The monoisotopic (exact) mass is 292 g/mol. The van der Waals surface area contributed by atoms with Crippen LogP contribution in [-0.2, 0) is 0 Å². The van der Waals surface area contributed by atoms with Gasteiger partial charge in [0.05, 0.1) is 17.3 Å². The van der Waals surface area contributed by atoms with Gasteiger partial charge in [-0.25, -0.2) is 0 Å². The number of ether oxygens (including phenoxy) is 1. The Hall–Kier alpha value is -1.19. The van der Waals surface area contributed by atoms with Crippen LogP contribution < -0.4 is 15.0 Å². The van der Waals surface area contributed by atoms with E-state index in [1.54, 1.807) is 0 Å². The molecule has 1 saturated heterocycles. The fourth-order valence-corrected chi connectivity index (χ4v) is 3.32. The number of hydrogen-bond acceptors (Lipinski definition) is 3. The second kappa shape index (κ2) is 5.66. The molecule has 2 aliphatic rings. The molecule has 1 N–H and O–H groups in total. The summed E-state index contributed by atoms with van der Waals surface area (Å²) in [6.45, 7) is 6.96. The number of nitrogens with zero attached hydrogens (tertiary/aromatic N) is 1. The first kappa shape index (κ1) is 13.8. The summed E-state index contributed by atoms with van der Waals surface area (Å²) in [7, 11) is 2.13. The summed E-state index contributed by atoms with van der Waals surface area (Å²) < 4.78 is 5.77. The van der Waals surface area contributed by atoms with Gasteiger partial charge >= 0.3 is 0 Å². The third-order valence-corrected chi connectivity index (χ3v) is 4.63. The van der Waals surface area contributed by atoms with Crippen molar-refractivity contribution in [2.45, 2.75) is 25.3 Å². The minimum absolute atomic E-state index is 0.540. The lowest BCUT2D eigenvalue weighted by molar-refractivity contribution is 0.316. The summed E-state index contributed by atoms with van der Waals surface area (Å²) in [4.78, 5) is 2.30. The largest absolute Gasteiger partial charge is 0.493 e. The maximum absolute atomic E-state index is 6.49.